The van der Waals surface area contributed by atoms with Crippen molar-refractivity contribution in [2.45, 2.75) is 114 Å². The maximum absolute atomic E-state index is 13.7. The molecule has 22 heteroatoms. The quantitative estimate of drug-likeness (QED) is 0.111. The number of carbonyl (C=O) groups is 1. The van der Waals surface area contributed by atoms with Crippen molar-refractivity contribution in [3.05, 3.63) is 89.6 Å². The number of rotatable bonds is 11. The smallest absolute Gasteiger partial charge is 0.327 e. The van der Waals surface area contributed by atoms with Crippen LogP contribution in [0.3, 0.4) is 0 Å². The van der Waals surface area contributed by atoms with E-state index >= 15 is 0 Å². The van der Waals surface area contributed by atoms with Gasteiger partial charge in [-0.25, -0.2) is 19.7 Å². The molecule has 1 aromatic carbocycles. The van der Waals surface area contributed by atoms with Crippen molar-refractivity contribution in [1.82, 2.24) is 34.5 Å². The zero-order valence-corrected chi connectivity index (χ0v) is 44.5. The standard InChI is InChI=1S/C28H31ClN6O4.C15H16ClN5.C11H16N2O3/c1-28(2)38-16-22(39-28)15-37-21-5-3-4-18(10-21)31-27(36)35-20-8-9-33(14-20)24-11-23(29)25(32-26(24)35)17-12-30-34(13-17)19-6-7-19;16-12-5-13-15(18-10-3-4-20(13)8-10)19-14(12)9-6-17-21(7-9)11-1-2-11;1-11(2)15-7-9(16-11)6-14-10-5-8(12)3-4-13-10/h3-5,10-13,19-20,22H,6-9,14-16H2,1-2H3,(H,31,36);5-7,10-11H,1-4,8H2,(H,18,19);3-5,9H,6-7H2,1-2H3,(H2,12,13)/t20-,22+;10-;9-/m001/s1. The number of amides is 2. The van der Waals surface area contributed by atoms with E-state index in [0.717, 1.165) is 79.5 Å². The average Bonchev–Trinajstić information content (AvgIpc) is 4.02. The Labute approximate surface area is 451 Å². The summed E-state index contributed by atoms with van der Waals surface area (Å²) < 4.78 is 37.9. The normalized spacial score (nSPS) is 23.2. The fourth-order valence-corrected chi connectivity index (χ4v) is 10.9. The first kappa shape index (κ1) is 50.4. The van der Waals surface area contributed by atoms with Crippen LogP contribution in [0.15, 0.2) is 79.5 Å². The molecular formula is C54H63Cl2N13O7. The number of benzene rings is 1. The van der Waals surface area contributed by atoms with E-state index in [0.29, 0.717) is 89.1 Å². The molecule has 14 rings (SSSR count). The summed E-state index contributed by atoms with van der Waals surface area (Å²) in [6, 6.07) is 16.1. The number of anilines is 6. The highest BCUT2D eigenvalue weighted by Crippen LogP contribution is 2.45. The Morgan fingerprint density at radius 2 is 1.39 bits per heavy atom. The summed E-state index contributed by atoms with van der Waals surface area (Å²) in [5, 5.41) is 16.8. The SMILES string of the molecule is CC1(C)OC[C@@H](COc2cc(N)ccn2)O1.CC1(C)OC[C@@H](COc2cccc(NC(=O)N3c4nc(-c5cnn(C6CC6)c5)c(Cl)cc4N4CC[C@H]3C4)c2)O1.Clc1cc2c(nc1-c1cnn(C3CC3)c1)N[C@H]1CCN2C1. The number of hydrogen-bond acceptors (Lipinski definition) is 16. The van der Waals surface area contributed by atoms with Gasteiger partial charge in [0.25, 0.3) is 0 Å². The summed E-state index contributed by atoms with van der Waals surface area (Å²) in [5.41, 5.74) is 12.2. The van der Waals surface area contributed by atoms with E-state index in [1.54, 1.807) is 29.4 Å². The van der Waals surface area contributed by atoms with Gasteiger partial charge in [0.05, 0.1) is 76.5 Å². The second-order valence-corrected chi connectivity index (χ2v) is 22.3. The van der Waals surface area contributed by atoms with Gasteiger partial charge in [0, 0.05) is 85.4 Å². The van der Waals surface area contributed by atoms with E-state index in [2.05, 4.69) is 41.8 Å². The Morgan fingerprint density at radius 1 is 0.763 bits per heavy atom. The van der Waals surface area contributed by atoms with E-state index in [4.69, 9.17) is 67.3 Å². The number of carbonyl (C=O) groups excluding carboxylic acids is 1. The van der Waals surface area contributed by atoms with Crippen LogP contribution >= 0.6 is 23.2 Å². The predicted molar refractivity (Wildman–Crippen MR) is 290 cm³/mol. The van der Waals surface area contributed by atoms with Gasteiger partial charge in [-0.15, -0.1) is 0 Å². The number of nitrogens with zero attached hydrogens (tertiary/aromatic N) is 10. The molecular weight excluding hydrogens is 1010 g/mol. The molecule has 4 saturated heterocycles. The first-order valence-corrected chi connectivity index (χ1v) is 27.0. The monoisotopic (exact) mass is 1080 g/mol. The Bertz CT molecular complexity index is 3110. The molecule has 4 atom stereocenters. The molecule has 0 spiro atoms. The number of halogens is 2. The molecule has 6 aliphatic heterocycles. The molecule has 11 heterocycles. The fraction of sp³-hybridized carbons (Fsp3) is 0.481. The first-order chi connectivity index (χ1) is 36.7. The van der Waals surface area contributed by atoms with Gasteiger partial charge >= 0.3 is 6.03 Å². The zero-order chi connectivity index (χ0) is 52.3. The van der Waals surface area contributed by atoms with Crippen molar-refractivity contribution in [3.63, 3.8) is 0 Å². The topological polar surface area (TPSA) is 207 Å². The summed E-state index contributed by atoms with van der Waals surface area (Å²) in [4.78, 5) is 33.9. The van der Waals surface area contributed by atoms with E-state index in [-0.39, 0.29) is 24.3 Å². The van der Waals surface area contributed by atoms with Crippen LogP contribution in [-0.4, -0.2) is 129 Å². The fourth-order valence-electron chi connectivity index (χ4n) is 10.4. The van der Waals surface area contributed by atoms with Crippen LogP contribution in [0, 0.1) is 0 Å². The molecule has 2 saturated carbocycles. The number of nitrogens with two attached hydrogens (primary N) is 1. The van der Waals surface area contributed by atoms with Gasteiger partial charge < -0.3 is 54.6 Å². The second-order valence-electron chi connectivity index (χ2n) is 21.5. The van der Waals surface area contributed by atoms with Crippen molar-refractivity contribution < 1.29 is 33.2 Å². The average molecular weight is 1080 g/mol. The lowest BCUT2D eigenvalue weighted by Crippen LogP contribution is -2.48. The van der Waals surface area contributed by atoms with Crippen LogP contribution in [-0.2, 0) is 18.9 Å². The number of aromatic nitrogens is 7. The molecule has 5 aromatic heterocycles. The molecule has 20 nitrogen and oxygen atoms in total. The summed E-state index contributed by atoms with van der Waals surface area (Å²) >= 11 is 13.2. The molecule has 76 heavy (non-hydrogen) atoms. The van der Waals surface area contributed by atoms with Gasteiger partial charge in [-0.1, -0.05) is 29.3 Å². The molecule has 6 aromatic rings. The number of urea groups is 1. The van der Waals surface area contributed by atoms with Gasteiger partial charge in [0.1, 0.15) is 31.2 Å². The third-order valence-electron chi connectivity index (χ3n) is 14.5. The third-order valence-corrected chi connectivity index (χ3v) is 15.1. The van der Waals surface area contributed by atoms with Crippen molar-refractivity contribution in [2.75, 3.05) is 83.7 Å². The molecule has 8 aliphatic rings. The Balaban J connectivity index is 0.000000131. The minimum absolute atomic E-state index is 0.0236. The molecule has 2 aliphatic carbocycles. The number of nitrogens with one attached hydrogen (secondary N) is 2. The summed E-state index contributed by atoms with van der Waals surface area (Å²) in [6.45, 7) is 13.1. The highest BCUT2D eigenvalue weighted by atomic mass is 35.5. The van der Waals surface area contributed by atoms with E-state index in [9.17, 15) is 4.79 Å². The lowest BCUT2D eigenvalue weighted by atomic mass is 10.1. The molecule has 6 fully saturated rings. The number of hydrogen-bond donors (Lipinski definition) is 3. The molecule has 0 radical (unpaired) electrons. The van der Waals surface area contributed by atoms with Crippen LogP contribution in [0.1, 0.15) is 78.3 Å². The third kappa shape index (κ3) is 11.2. The molecule has 4 N–H and O–H groups in total. The van der Waals surface area contributed by atoms with Crippen molar-refractivity contribution >= 4 is 63.6 Å². The Kier molecular flexibility index (Phi) is 13.6. The van der Waals surface area contributed by atoms with Crippen LogP contribution in [0.2, 0.25) is 10.0 Å². The van der Waals surface area contributed by atoms with Crippen molar-refractivity contribution in [1.29, 1.82) is 0 Å². The van der Waals surface area contributed by atoms with Crippen molar-refractivity contribution in [3.8, 4) is 34.1 Å². The molecule has 0 unspecified atom stereocenters. The van der Waals surface area contributed by atoms with Crippen LogP contribution < -0.4 is 40.5 Å². The van der Waals surface area contributed by atoms with Gasteiger partial charge in [0.15, 0.2) is 23.2 Å². The number of pyridine rings is 3. The maximum Gasteiger partial charge on any atom is 0.327 e. The minimum atomic E-state index is -0.597. The highest BCUT2D eigenvalue weighted by Gasteiger charge is 2.42. The highest BCUT2D eigenvalue weighted by molar-refractivity contribution is 6.34. The molecule has 400 valence electrons. The summed E-state index contributed by atoms with van der Waals surface area (Å²) in [7, 11) is 0. The van der Waals surface area contributed by atoms with E-state index in [1.165, 1.54) is 19.3 Å². The lowest BCUT2D eigenvalue weighted by molar-refractivity contribution is -0.141. The molecule has 2 amide bonds. The summed E-state index contributed by atoms with van der Waals surface area (Å²) in [5.74, 6) is 1.62. The van der Waals surface area contributed by atoms with Gasteiger partial charge in [-0.05, 0) is 96.6 Å². The Morgan fingerprint density at radius 3 is 2.04 bits per heavy atom. The van der Waals surface area contributed by atoms with Crippen LogP contribution in [0.4, 0.5) is 39.2 Å². The second kappa shape index (κ2) is 20.5. The van der Waals surface area contributed by atoms with Gasteiger partial charge in [-0.2, -0.15) is 10.2 Å². The van der Waals surface area contributed by atoms with E-state index in [1.807, 2.05) is 85.9 Å². The summed E-state index contributed by atoms with van der Waals surface area (Å²) in [6.07, 6.45) is 15.9. The van der Waals surface area contributed by atoms with Crippen LogP contribution in [0.25, 0.3) is 22.5 Å². The lowest BCUT2D eigenvalue weighted by Gasteiger charge is -2.36. The minimum Gasteiger partial charge on any atom is -0.491 e. The number of nitrogen functional groups attached to an aromatic ring is 1. The van der Waals surface area contributed by atoms with Crippen molar-refractivity contribution in [2.24, 2.45) is 0 Å². The number of fused-ring (bicyclic) bond motifs is 8. The Hall–Kier alpha value is -6.42. The predicted octanol–water partition coefficient (Wildman–Crippen LogP) is 9.23. The van der Waals surface area contributed by atoms with E-state index < -0.39 is 11.6 Å². The largest absolute Gasteiger partial charge is 0.491 e. The van der Waals surface area contributed by atoms with Gasteiger partial charge in [0.2, 0.25) is 5.88 Å². The molecule has 4 bridgehead atoms. The van der Waals surface area contributed by atoms with Crippen LogP contribution in [0.5, 0.6) is 11.6 Å². The number of ether oxygens (including phenoxy) is 6. The maximum atomic E-state index is 13.7. The first-order valence-electron chi connectivity index (χ1n) is 26.2. The van der Waals surface area contributed by atoms with Gasteiger partial charge in [-0.3, -0.25) is 14.3 Å². The zero-order valence-electron chi connectivity index (χ0n) is 43.0.